The topological polar surface area (TPSA) is 37.8 Å². The van der Waals surface area contributed by atoms with E-state index in [4.69, 9.17) is 0 Å². The summed E-state index contributed by atoms with van der Waals surface area (Å²) in [6, 6.07) is 0. The van der Waals surface area contributed by atoms with Crippen molar-refractivity contribution in [1.82, 2.24) is 9.97 Å². The summed E-state index contributed by atoms with van der Waals surface area (Å²) in [5.74, 6) is 0.254. The van der Waals surface area contributed by atoms with Crippen LogP contribution in [0.1, 0.15) is 44.6 Å². The normalized spacial score (nSPS) is 12.0. The third-order valence-corrected chi connectivity index (χ3v) is 3.15. The van der Waals surface area contributed by atoms with E-state index in [1.54, 1.807) is 0 Å². The molecule has 108 valence electrons. The number of anilines is 1. The molecule has 0 saturated carbocycles. The smallest absolute Gasteiger partial charge is 0.369 e. The van der Waals surface area contributed by atoms with Crippen LogP contribution in [0.5, 0.6) is 0 Å². The molecule has 1 N–H and O–H groups in total. The highest BCUT2D eigenvalue weighted by atomic mass is 79.9. The molecule has 0 saturated heterocycles. The monoisotopic (exact) mass is 339 g/mol. The first-order valence-corrected chi connectivity index (χ1v) is 6.90. The Morgan fingerprint density at radius 2 is 1.89 bits per heavy atom. The van der Waals surface area contributed by atoms with Crippen molar-refractivity contribution in [3.8, 4) is 0 Å². The summed E-state index contributed by atoms with van der Waals surface area (Å²) in [7, 11) is 0. The minimum Gasteiger partial charge on any atom is -0.369 e. The van der Waals surface area contributed by atoms with Crippen molar-refractivity contribution in [1.29, 1.82) is 0 Å². The highest BCUT2D eigenvalue weighted by Crippen LogP contribution is 2.30. The second-order valence-corrected chi connectivity index (χ2v) is 5.35. The number of hydrogen-bond acceptors (Lipinski definition) is 3. The summed E-state index contributed by atoms with van der Waals surface area (Å²) in [4.78, 5) is 7.96. The summed E-state index contributed by atoms with van der Waals surface area (Å²) in [6.45, 7) is 6.39. The average molecular weight is 340 g/mol. The van der Waals surface area contributed by atoms with Crippen LogP contribution in [-0.4, -0.2) is 22.7 Å². The Kier molecular flexibility index (Phi) is 5.58. The second kappa shape index (κ2) is 6.54. The molecule has 0 amide bonds. The molecule has 0 bridgehead atoms. The maximum atomic E-state index is 12.4. The van der Waals surface area contributed by atoms with E-state index < -0.39 is 12.6 Å². The molecular weight excluding hydrogens is 323 g/mol. The predicted molar refractivity (Wildman–Crippen MR) is 72.4 cm³/mol. The highest BCUT2D eigenvalue weighted by Gasteiger charge is 2.30. The van der Waals surface area contributed by atoms with Crippen LogP contribution in [0.2, 0.25) is 0 Å². The van der Waals surface area contributed by atoms with Crippen molar-refractivity contribution >= 4 is 21.7 Å². The number of halogens is 4. The van der Waals surface area contributed by atoms with Crippen LogP contribution in [0.25, 0.3) is 0 Å². The van der Waals surface area contributed by atoms with Crippen LogP contribution in [0.4, 0.5) is 19.0 Å². The van der Waals surface area contributed by atoms with Crippen molar-refractivity contribution in [2.75, 3.05) is 11.9 Å². The van der Waals surface area contributed by atoms with Gasteiger partial charge in [0.15, 0.2) is 0 Å². The maximum Gasteiger partial charge on any atom is 0.396 e. The Bertz CT molecular complexity index is 433. The molecule has 0 unspecified atom stereocenters. The summed E-state index contributed by atoms with van der Waals surface area (Å²) in [5, 5.41) is 3.02. The van der Waals surface area contributed by atoms with Crippen LogP contribution >= 0.6 is 15.9 Å². The molecule has 7 heteroatoms. The molecule has 1 rings (SSSR count). The Morgan fingerprint density at radius 3 is 2.37 bits per heavy atom. The van der Waals surface area contributed by atoms with Gasteiger partial charge < -0.3 is 5.32 Å². The summed E-state index contributed by atoms with van der Waals surface area (Å²) in [5.41, 5.74) is 0.591. The third-order valence-electron chi connectivity index (χ3n) is 2.37. The number of aromatic nitrogens is 2. The van der Waals surface area contributed by atoms with Gasteiger partial charge in [0, 0.05) is 6.54 Å². The van der Waals surface area contributed by atoms with Crippen molar-refractivity contribution < 1.29 is 13.2 Å². The van der Waals surface area contributed by atoms with E-state index in [-0.39, 0.29) is 11.7 Å². The van der Waals surface area contributed by atoms with Crippen LogP contribution in [0.15, 0.2) is 4.47 Å². The van der Waals surface area contributed by atoms with Gasteiger partial charge in [-0.2, -0.15) is 13.2 Å². The van der Waals surface area contributed by atoms with E-state index in [9.17, 15) is 13.2 Å². The standard InChI is InChI=1S/C12H17BrF3N3/c1-4-5-17-11-9(13)10(7(2)3)18-8(19-11)6-12(14,15)16/h7H,4-6H2,1-3H3,(H,17,18,19). The molecule has 1 heterocycles. The molecule has 0 aromatic carbocycles. The maximum absolute atomic E-state index is 12.4. The van der Waals surface area contributed by atoms with Gasteiger partial charge in [0.1, 0.15) is 18.1 Å². The predicted octanol–water partition coefficient (Wildman–Crippen LogP) is 4.29. The van der Waals surface area contributed by atoms with Gasteiger partial charge in [-0.15, -0.1) is 0 Å². The third kappa shape index (κ3) is 4.97. The molecule has 1 aromatic heterocycles. The van der Waals surface area contributed by atoms with Gasteiger partial charge >= 0.3 is 6.18 Å². The van der Waals surface area contributed by atoms with Gasteiger partial charge in [0.25, 0.3) is 0 Å². The van der Waals surface area contributed by atoms with Crippen LogP contribution in [-0.2, 0) is 6.42 Å². The van der Waals surface area contributed by atoms with Crippen molar-refractivity contribution in [2.24, 2.45) is 0 Å². The van der Waals surface area contributed by atoms with Crippen molar-refractivity contribution in [3.05, 3.63) is 16.0 Å². The van der Waals surface area contributed by atoms with E-state index in [2.05, 4.69) is 31.2 Å². The minimum atomic E-state index is -4.30. The summed E-state index contributed by atoms with van der Waals surface area (Å²) < 4.78 is 38.0. The highest BCUT2D eigenvalue weighted by molar-refractivity contribution is 9.10. The number of nitrogens with zero attached hydrogens (tertiary/aromatic N) is 2. The Balaban J connectivity index is 3.15. The minimum absolute atomic E-state index is 0.0199. The first-order valence-electron chi connectivity index (χ1n) is 6.11. The molecule has 0 fully saturated rings. The van der Waals surface area contributed by atoms with E-state index in [0.29, 0.717) is 22.5 Å². The number of hydrogen-bond donors (Lipinski definition) is 1. The Hall–Kier alpha value is -0.850. The molecule has 0 radical (unpaired) electrons. The lowest BCUT2D eigenvalue weighted by Crippen LogP contribution is -2.17. The fourth-order valence-corrected chi connectivity index (χ4v) is 2.29. The van der Waals surface area contributed by atoms with Crippen LogP contribution < -0.4 is 5.32 Å². The van der Waals surface area contributed by atoms with Gasteiger partial charge in [0.05, 0.1) is 10.2 Å². The van der Waals surface area contributed by atoms with E-state index in [1.165, 1.54) is 0 Å². The summed E-state index contributed by atoms with van der Waals surface area (Å²) in [6.07, 6.45) is -4.55. The number of rotatable bonds is 5. The molecule has 0 spiro atoms. The van der Waals surface area contributed by atoms with E-state index in [0.717, 1.165) is 6.42 Å². The quantitative estimate of drug-likeness (QED) is 0.869. The molecule has 1 aromatic rings. The second-order valence-electron chi connectivity index (χ2n) is 4.56. The first-order chi connectivity index (χ1) is 8.74. The molecule has 3 nitrogen and oxygen atoms in total. The zero-order valence-electron chi connectivity index (χ0n) is 11.1. The zero-order valence-corrected chi connectivity index (χ0v) is 12.7. The van der Waals surface area contributed by atoms with E-state index in [1.807, 2.05) is 20.8 Å². The van der Waals surface area contributed by atoms with Crippen molar-refractivity contribution in [3.63, 3.8) is 0 Å². The number of alkyl halides is 3. The fourth-order valence-electron chi connectivity index (χ4n) is 1.51. The SMILES string of the molecule is CCCNc1nc(CC(F)(F)F)nc(C(C)C)c1Br. The molecule has 0 aliphatic heterocycles. The van der Waals surface area contributed by atoms with Gasteiger partial charge in [-0.3, -0.25) is 0 Å². The molecular formula is C12H17BrF3N3. The first kappa shape index (κ1) is 16.2. The largest absolute Gasteiger partial charge is 0.396 e. The summed E-state index contributed by atoms with van der Waals surface area (Å²) >= 11 is 3.36. The Morgan fingerprint density at radius 1 is 1.26 bits per heavy atom. The van der Waals surface area contributed by atoms with Gasteiger partial charge in [-0.05, 0) is 28.3 Å². The van der Waals surface area contributed by atoms with Crippen molar-refractivity contribution in [2.45, 2.75) is 45.7 Å². The molecule has 0 aliphatic rings. The van der Waals surface area contributed by atoms with Gasteiger partial charge in [-0.25, -0.2) is 9.97 Å². The zero-order chi connectivity index (χ0) is 14.6. The van der Waals surface area contributed by atoms with Crippen LogP contribution in [0.3, 0.4) is 0 Å². The lowest BCUT2D eigenvalue weighted by atomic mass is 10.1. The lowest BCUT2D eigenvalue weighted by Gasteiger charge is -2.15. The molecule has 0 aliphatic carbocycles. The van der Waals surface area contributed by atoms with Gasteiger partial charge in [-0.1, -0.05) is 20.8 Å². The van der Waals surface area contributed by atoms with E-state index >= 15 is 0 Å². The Labute approximate surface area is 119 Å². The van der Waals surface area contributed by atoms with Gasteiger partial charge in [0.2, 0.25) is 0 Å². The van der Waals surface area contributed by atoms with Crippen LogP contribution in [0, 0.1) is 0 Å². The average Bonchev–Trinajstić information content (AvgIpc) is 2.27. The number of nitrogens with one attached hydrogen (secondary N) is 1. The fraction of sp³-hybridized carbons (Fsp3) is 0.667. The lowest BCUT2D eigenvalue weighted by molar-refractivity contribution is -0.128. The molecule has 0 atom stereocenters. The molecule has 19 heavy (non-hydrogen) atoms.